The molecule has 0 aliphatic rings. The van der Waals surface area contributed by atoms with Crippen LogP contribution in [0.25, 0.3) is 0 Å². The molecule has 142 valence electrons. The number of likely N-dealkylation sites (N-methyl/N-ethyl adjacent to an activating group) is 1. The van der Waals surface area contributed by atoms with Crippen LogP contribution in [0.5, 0.6) is 0 Å². The molecule has 0 fully saturated rings. The van der Waals surface area contributed by atoms with Gasteiger partial charge in [0.2, 0.25) is 0 Å². The maximum Gasteiger partial charge on any atom is 0.120 e. The molecular weight excluding hydrogens is 310 g/mol. The Bertz CT molecular complexity index is 397. The second kappa shape index (κ2) is 20.6. The molecule has 0 aromatic rings. The average molecular weight is 348 g/mol. The molecule has 0 atom stereocenters. The molecule has 0 radical (unpaired) electrons. The van der Waals surface area contributed by atoms with Crippen molar-refractivity contribution >= 4 is 6.29 Å². The molecule has 3 heteroatoms. The summed E-state index contributed by atoms with van der Waals surface area (Å²) in [6.07, 6.45) is 27.7. The molecule has 0 aliphatic heterocycles. The van der Waals surface area contributed by atoms with Crippen LogP contribution in [0.4, 0.5) is 0 Å². The maximum absolute atomic E-state index is 10.2. The van der Waals surface area contributed by atoms with E-state index in [-0.39, 0.29) is 6.61 Å². The minimum atomic E-state index is 0.247. The first kappa shape index (κ1) is 23.5. The van der Waals surface area contributed by atoms with Gasteiger partial charge in [0.15, 0.2) is 0 Å². The molecule has 0 aromatic heterocycles. The minimum absolute atomic E-state index is 0.247. The zero-order valence-electron chi connectivity index (χ0n) is 16.0. The van der Waals surface area contributed by atoms with Gasteiger partial charge in [0, 0.05) is 13.0 Å². The number of aliphatic hydroxyl groups excluding tert-OH is 1. The van der Waals surface area contributed by atoms with E-state index in [2.05, 4.69) is 60.6 Å². The third kappa shape index (κ3) is 20.5. The van der Waals surface area contributed by atoms with Crippen LogP contribution in [0.1, 0.15) is 57.8 Å². The number of hydrogen-bond donors (Lipinski definition) is 1. The highest BCUT2D eigenvalue weighted by molar-refractivity contribution is 5.49. The Kier molecular flexibility index (Phi) is 19.4. The normalized spacial score (nSPS) is 12.6. The fourth-order valence-corrected chi connectivity index (χ4v) is 2.29. The van der Waals surface area contributed by atoms with E-state index in [1.165, 1.54) is 12.8 Å². The van der Waals surface area contributed by atoms with Crippen LogP contribution in [0, 0.1) is 0 Å². The molecule has 0 saturated heterocycles. The predicted octanol–water partition coefficient (Wildman–Crippen LogP) is 4.85. The molecule has 0 spiro atoms. The van der Waals surface area contributed by atoms with Gasteiger partial charge in [-0.1, -0.05) is 48.6 Å². The van der Waals surface area contributed by atoms with Gasteiger partial charge in [0.25, 0.3) is 0 Å². The highest BCUT2D eigenvalue weighted by Crippen LogP contribution is 2.00. The number of carbonyl (C=O) groups is 1. The van der Waals surface area contributed by atoms with Crippen LogP contribution >= 0.6 is 0 Å². The number of carbonyl (C=O) groups excluding carboxylic acids is 1. The first-order valence-corrected chi connectivity index (χ1v) is 9.64. The summed E-state index contributed by atoms with van der Waals surface area (Å²) in [5.74, 6) is 0. The summed E-state index contributed by atoms with van der Waals surface area (Å²) in [7, 11) is 2.05. The van der Waals surface area contributed by atoms with Crippen molar-refractivity contribution in [1.82, 2.24) is 4.90 Å². The van der Waals surface area contributed by atoms with Crippen LogP contribution in [0.15, 0.2) is 48.6 Å². The number of aldehydes is 1. The van der Waals surface area contributed by atoms with Gasteiger partial charge in [-0.05, 0) is 65.0 Å². The Morgan fingerprint density at radius 2 is 1.20 bits per heavy atom. The van der Waals surface area contributed by atoms with Gasteiger partial charge >= 0.3 is 0 Å². The summed E-state index contributed by atoms with van der Waals surface area (Å²) in [5.41, 5.74) is 0. The molecule has 25 heavy (non-hydrogen) atoms. The monoisotopic (exact) mass is 347 g/mol. The number of allylic oxidation sites excluding steroid dienone is 8. The summed E-state index contributed by atoms with van der Waals surface area (Å²) >= 11 is 0. The summed E-state index contributed by atoms with van der Waals surface area (Å²) in [6.45, 7) is 2.08. The van der Waals surface area contributed by atoms with Gasteiger partial charge in [-0.2, -0.15) is 0 Å². The number of aliphatic hydroxyl groups is 1. The average Bonchev–Trinajstić information content (AvgIpc) is 2.61. The Morgan fingerprint density at radius 3 is 1.72 bits per heavy atom. The Hall–Kier alpha value is -1.45. The zero-order chi connectivity index (χ0) is 18.4. The fourth-order valence-electron chi connectivity index (χ4n) is 2.29. The molecule has 0 unspecified atom stereocenters. The van der Waals surface area contributed by atoms with Gasteiger partial charge in [-0.3, -0.25) is 0 Å². The lowest BCUT2D eigenvalue weighted by Gasteiger charge is -2.13. The lowest BCUT2D eigenvalue weighted by molar-refractivity contribution is -0.107. The molecule has 0 saturated carbocycles. The van der Waals surface area contributed by atoms with Crippen molar-refractivity contribution in [2.45, 2.75) is 57.8 Å². The fraction of sp³-hybridized carbons (Fsp3) is 0.591. The third-order valence-electron chi connectivity index (χ3n) is 3.82. The smallest absolute Gasteiger partial charge is 0.120 e. The van der Waals surface area contributed by atoms with E-state index >= 15 is 0 Å². The molecular formula is C22H37NO2. The SMILES string of the molecule is CN(CCO)CCCC/C=C\C/C=C\C/C=C\C/C=C\CCCC=O. The lowest BCUT2D eigenvalue weighted by Crippen LogP contribution is -2.23. The largest absolute Gasteiger partial charge is 0.395 e. The highest BCUT2D eigenvalue weighted by atomic mass is 16.3. The van der Waals surface area contributed by atoms with Crippen molar-refractivity contribution in [1.29, 1.82) is 0 Å². The van der Waals surface area contributed by atoms with E-state index in [0.29, 0.717) is 6.42 Å². The van der Waals surface area contributed by atoms with Crippen molar-refractivity contribution in [3.05, 3.63) is 48.6 Å². The molecule has 3 nitrogen and oxygen atoms in total. The van der Waals surface area contributed by atoms with Crippen molar-refractivity contribution in [2.24, 2.45) is 0 Å². The molecule has 0 aromatic carbocycles. The van der Waals surface area contributed by atoms with Crippen molar-refractivity contribution in [3.63, 3.8) is 0 Å². The third-order valence-corrected chi connectivity index (χ3v) is 3.82. The first-order chi connectivity index (χ1) is 12.3. The van der Waals surface area contributed by atoms with E-state index in [0.717, 1.165) is 57.9 Å². The Morgan fingerprint density at radius 1 is 0.680 bits per heavy atom. The maximum atomic E-state index is 10.2. The molecule has 0 rings (SSSR count). The number of nitrogens with zero attached hydrogens (tertiary/aromatic N) is 1. The van der Waals surface area contributed by atoms with Crippen molar-refractivity contribution in [3.8, 4) is 0 Å². The van der Waals surface area contributed by atoms with Crippen molar-refractivity contribution in [2.75, 3.05) is 26.7 Å². The first-order valence-electron chi connectivity index (χ1n) is 9.64. The second-order valence-electron chi connectivity index (χ2n) is 6.21. The molecule has 0 heterocycles. The molecule has 0 amide bonds. The van der Waals surface area contributed by atoms with Crippen molar-refractivity contribution < 1.29 is 9.90 Å². The van der Waals surface area contributed by atoms with E-state index in [4.69, 9.17) is 5.11 Å². The quantitative estimate of drug-likeness (QED) is 0.232. The number of hydrogen-bond acceptors (Lipinski definition) is 3. The second-order valence-corrected chi connectivity index (χ2v) is 6.21. The summed E-state index contributed by atoms with van der Waals surface area (Å²) in [5, 5.41) is 8.81. The number of unbranched alkanes of at least 4 members (excludes halogenated alkanes) is 4. The highest BCUT2D eigenvalue weighted by Gasteiger charge is 1.95. The van der Waals surface area contributed by atoms with Crippen LogP contribution in [-0.4, -0.2) is 43.0 Å². The predicted molar refractivity (Wildman–Crippen MR) is 109 cm³/mol. The van der Waals surface area contributed by atoms with Crippen LogP contribution < -0.4 is 0 Å². The van der Waals surface area contributed by atoms with Gasteiger partial charge in [-0.25, -0.2) is 0 Å². The summed E-state index contributed by atoms with van der Waals surface area (Å²) in [4.78, 5) is 12.3. The van der Waals surface area contributed by atoms with Gasteiger partial charge < -0.3 is 14.8 Å². The summed E-state index contributed by atoms with van der Waals surface area (Å²) in [6, 6.07) is 0. The minimum Gasteiger partial charge on any atom is -0.395 e. The van der Waals surface area contributed by atoms with Gasteiger partial charge in [0.05, 0.1) is 6.61 Å². The van der Waals surface area contributed by atoms with Crippen LogP contribution in [0.2, 0.25) is 0 Å². The van der Waals surface area contributed by atoms with Gasteiger partial charge in [0.1, 0.15) is 6.29 Å². The van der Waals surface area contributed by atoms with E-state index in [9.17, 15) is 4.79 Å². The van der Waals surface area contributed by atoms with E-state index < -0.39 is 0 Å². The van der Waals surface area contributed by atoms with E-state index in [1.54, 1.807) is 0 Å². The molecule has 0 bridgehead atoms. The lowest BCUT2D eigenvalue weighted by atomic mass is 10.2. The summed E-state index contributed by atoms with van der Waals surface area (Å²) < 4.78 is 0. The van der Waals surface area contributed by atoms with Gasteiger partial charge in [-0.15, -0.1) is 0 Å². The Labute approximate surface area is 154 Å². The Balaban J connectivity index is 3.41. The number of rotatable bonds is 17. The zero-order valence-corrected chi connectivity index (χ0v) is 16.0. The molecule has 0 aliphatic carbocycles. The molecule has 1 N–H and O–H groups in total. The van der Waals surface area contributed by atoms with Crippen LogP contribution in [0.3, 0.4) is 0 Å². The van der Waals surface area contributed by atoms with Crippen LogP contribution in [-0.2, 0) is 4.79 Å². The topological polar surface area (TPSA) is 40.5 Å². The standard InChI is InChI=1S/C22H37NO2/c1-23(20-22-25)19-17-15-13-11-9-7-5-3-2-4-6-8-10-12-14-16-18-21-24/h3-6,9-12,21,25H,2,7-8,13-20,22H2,1H3/b5-3-,6-4-,11-9-,12-10-. The van der Waals surface area contributed by atoms with E-state index in [1.807, 2.05) is 0 Å².